The summed E-state index contributed by atoms with van der Waals surface area (Å²) in [5.41, 5.74) is -0.739. The summed E-state index contributed by atoms with van der Waals surface area (Å²) in [7, 11) is 0. The Bertz CT molecular complexity index is 854. The first-order valence-electron chi connectivity index (χ1n) is 7.12. The van der Waals surface area contributed by atoms with Crippen molar-refractivity contribution in [3.05, 3.63) is 57.9 Å². The molecule has 0 spiro atoms. The summed E-state index contributed by atoms with van der Waals surface area (Å²) >= 11 is 1.19. The number of nitro benzene ring substituents is 1. The molecule has 0 atom stereocenters. The first-order valence-corrected chi connectivity index (χ1v) is 8.00. The number of amides is 1. The Balaban J connectivity index is 1.89. The molecule has 1 aromatic heterocycles. The molecule has 0 saturated carbocycles. The molecule has 0 radical (unpaired) electrons. The van der Waals surface area contributed by atoms with E-state index >= 15 is 0 Å². The van der Waals surface area contributed by atoms with E-state index in [0.717, 1.165) is 18.2 Å². The molecule has 136 valence electrons. The second kappa shape index (κ2) is 8.67. The van der Waals surface area contributed by atoms with Crippen molar-refractivity contribution in [2.24, 2.45) is 0 Å². The molecule has 0 aliphatic heterocycles. The predicted octanol–water partition coefficient (Wildman–Crippen LogP) is 2.58. The van der Waals surface area contributed by atoms with Crippen molar-refractivity contribution in [3.8, 4) is 0 Å². The number of hydrogen-bond acceptors (Lipinski definition) is 8. The van der Waals surface area contributed by atoms with Crippen LogP contribution in [0, 0.1) is 15.9 Å². The highest BCUT2D eigenvalue weighted by Gasteiger charge is 2.17. The second-order valence-corrected chi connectivity index (χ2v) is 5.61. The van der Waals surface area contributed by atoms with Gasteiger partial charge < -0.3 is 15.4 Å². The normalized spacial score (nSPS) is 10.0. The standard InChI is InChI=1S/C15H13FN4O5S/c1-2-5-17-15-19-11(8-26-15)14(22)25-7-13(21)18-9-3-4-10(16)12(6-9)20(23)24/h2-4,6,8H,1,5,7H2,(H,17,19)(H,18,21). The number of nitrogens with one attached hydrogen (secondary N) is 2. The Morgan fingerprint density at radius 3 is 2.92 bits per heavy atom. The molecule has 26 heavy (non-hydrogen) atoms. The molecule has 11 heteroatoms. The number of hydrogen-bond donors (Lipinski definition) is 2. The first kappa shape index (κ1) is 19.0. The van der Waals surface area contributed by atoms with E-state index in [4.69, 9.17) is 4.74 Å². The van der Waals surface area contributed by atoms with Gasteiger partial charge in [0.2, 0.25) is 5.82 Å². The van der Waals surface area contributed by atoms with Gasteiger partial charge in [-0.25, -0.2) is 9.78 Å². The lowest BCUT2D eigenvalue weighted by Crippen LogP contribution is -2.21. The van der Waals surface area contributed by atoms with Crippen molar-refractivity contribution in [2.75, 3.05) is 23.8 Å². The molecule has 0 saturated heterocycles. The Labute approximate surface area is 150 Å². The molecule has 2 aromatic rings. The topological polar surface area (TPSA) is 123 Å². The average Bonchev–Trinajstić information content (AvgIpc) is 3.08. The number of benzene rings is 1. The molecular weight excluding hydrogens is 367 g/mol. The highest BCUT2D eigenvalue weighted by atomic mass is 32.1. The van der Waals surface area contributed by atoms with Crippen molar-refractivity contribution in [2.45, 2.75) is 0 Å². The van der Waals surface area contributed by atoms with Crippen LogP contribution in [-0.4, -0.2) is 34.9 Å². The van der Waals surface area contributed by atoms with E-state index in [0.29, 0.717) is 11.7 Å². The van der Waals surface area contributed by atoms with Crippen molar-refractivity contribution >= 4 is 39.7 Å². The van der Waals surface area contributed by atoms with Gasteiger partial charge >= 0.3 is 11.7 Å². The summed E-state index contributed by atoms with van der Waals surface area (Å²) in [5, 5.41) is 17.8. The third kappa shape index (κ3) is 5.08. The molecule has 0 fully saturated rings. The Morgan fingerprint density at radius 2 is 2.23 bits per heavy atom. The van der Waals surface area contributed by atoms with Crippen LogP contribution in [0.25, 0.3) is 0 Å². The van der Waals surface area contributed by atoms with Crippen molar-refractivity contribution in [1.82, 2.24) is 4.98 Å². The van der Waals surface area contributed by atoms with Crippen LogP contribution in [0.15, 0.2) is 36.2 Å². The number of thiazole rings is 1. The van der Waals surface area contributed by atoms with Crippen molar-refractivity contribution in [3.63, 3.8) is 0 Å². The van der Waals surface area contributed by atoms with Crippen LogP contribution in [-0.2, 0) is 9.53 Å². The zero-order valence-corrected chi connectivity index (χ0v) is 14.0. The number of esters is 1. The fraction of sp³-hybridized carbons (Fsp3) is 0.133. The van der Waals surface area contributed by atoms with Gasteiger partial charge in [-0.15, -0.1) is 17.9 Å². The predicted molar refractivity (Wildman–Crippen MR) is 92.8 cm³/mol. The van der Waals surface area contributed by atoms with Crippen LogP contribution in [0.2, 0.25) is 0 Å². The van der Waals surface area contributed by atoms with Gasteiger partial charge in [-0.1, -0.05) is 6.08 Å². The minimum Gasteiger partial charge on any atom is -0.451 e. The first-order chi connectivity index (χ1) is 12.4. The van der Waals surface area contributed by atoms with Gasteiger partial charge in [0.15, 0.2) is 17.4 Å². The number of nitrogens with zero attached hydrogens (tertiary/aromatic N) is 2. The second-order valence-electron chi connectivity index (χ2n) is 4.76. The molecule has 0 unspecified atom stereocenters. The Hall–Kier alpha value is -3.34. The maximum atomic E-state index is 13.2. The van der Waals surface area contributed by atoms with Crippen LogP contribution >= 0.6 is 11.3 Å². The zero-order valence-electron chi connectivity index (χ0n) is 13.2. The van der Waals surface area contributed by atoms with E-state index in [1.807, 2.05) is 0 Å². The molecule has 9 nitrogen and oxygen atoms in total. The molecule has 2 N–H and O–H groups in total. The largest absolute Gasteiger partial charge is 0.451 e. The van der Waals surface area contributed by atoms with Crippen molar-refractivity contribution < 1.29 is 23.6 Å². The van der Waals surface area contributed by atoms with E-state index in [-0.39, 0.29) is 11.4 Å². The van der Waals surface area contributed by atoms with Crippen LogP contribution in [0.5, 0.6) is 0 Å². The highest BCUT2D eigenvalue weighted by Crippen LogP contribution is 2.21. The summed E-state index contributed by atoms with van der Waals surface area (Å²) < 4.78 is 18.1. The summed E-state index contributed by atoms with van der Waals surface area (Å²) in [6.07, 6.45) is 1.63. The molecule has 0 aliphatic carbocycles. The van der Waals surface area contributed by atoms with Crippen LogP contribution < -0.4 is 10.6 Å². The third-order valence-corrected chi connectivity index (χ3v) is 3.67. The number of halogens is 1. The maximum absolute atomic E-state index is 13.2. The summed E-state index contributed by atoms with van der Waals surface area (Å²) in [5.74, 6) is -2.56. The quantitative estimate of drug-likeness (QED) is 0.312. The van der Waals surface area contributed by atoms with Crippen LogP contribution in [0.1, 0.15) is 10.5 Å². The number of anilines is 2. The lowest BCUT2D eigenvalue weighted by molar-refractivity contribution is -0.387. The van der Waals surface area contributed by atoms with Gasteiger partial charge in [0.05, 0.1) is 4.92 Å². The monoisotopic (exact) mass is 380 g/mol. The van der Waals surface area contributed by atoms with E-state index in [9.17, 15) is 24.1 Å². The average molecular weight is 380 g/mol. The van der Waals surface area contributed by atoms with Gasteiger partial charge in [0.1, 0.15) is 0 Å². The summed E-state index contributed by atoms with van der Waals surface area (Å²) in [4.78, 5) is 37.3. The van der Waals surface area contributed by atoms with Crippen LogP contribution in [0.4, 0.5) is 20.9 Å². The molecular formula is C15H13FN4O5S. The molecule has 1 amide bonds. The van der Waals surface area contributed by atoms with Gasteiger partial charge in [0, 0.05) is 23.7 Å². The third-order valence-electron chi connectivity index (χ3n) is 2.87. The number of rotatable bonds is 8. The molecule has 1 aromatic carbocycles. The SMILES string of the molecule is C=CCNc1nc(C(=O)OCC(=O)Nc2ccc(F)c([N+](=O)[O-])c2)cs1. The fourth-order valence-corrected chi connectivity index (χ4v) is 2.43. The number of nitro groups is 1. The summed E-state index contributed by atoms with van der Waals surface area (Å²) in [6, 6.07) is 2.87. The fourth-order valence-electron chi connectivity index (χ4n) is 1.74. The van der Waals surface area contributed by atoms with E-state index in [1.165, 1.54) is 16.7 Å². The highest BCUT2D eigenvalue weighted by molar-refractivity contribution is 7.13. The van der Waals surface area contributed by atoms with Crippen molar-refractivity contribution in [1.29, 1.82) is 0 Å². The molecule has 2 rings (SSSR count). The summed E-state index contributed by atoms with van der Waals surface area (Å²) in [6.45, 7) is 3.39. The molecule has 1 heterocycles. The maximum Gasteiger partial charge on any atom is 0.358 e. The van der Waals surface area contributed by atoms with Gasteiger partial charge in [-0.05, 0) is 12.1 Å². The Kier molecular flexibility index (Phi) is 6.33. The van der Waals surface area contributed by atoms with Crippen LogP contribution in [0.3, 0.4) is 0 Å². The lowest BCUT2D eigenvalue weighted by Gasteiger charge is -2.06. The smallest absolute Gasteiger partial charge is 0.358 e. The van der Waals surface area contributed by atoms with E-state index < -0.39 is 34.9 Å². The minimum absolute atomic E-state index is 0.00344. The van der Waals surface area contributed by atoms with Gasteiger partial charge in [-0.2, -0.15) is 4.39 Å². The molecule has 0 aliphatic rings. The number of ether oxygens (including phenoxy) is 1. The lowest BCUT2D eigenvalue weighted by atomic mass is 10.2. The van der Waals surface area contributed by atoms with Gasteiger partial charge in [0.25, 0.3) is 5.91 Å². The molecule has 0 bridgehead atoms. The minimum atomic E-state index is -1.02. The number of aromatic nitrogens is 1. The number of carbonyl (C=O) groups excluding carboxylic acids is 2. The zero-order chi connectivity index (χ0) is 19.1. The Morgan fingerprint density at radius 1 is 1.46 bits per heavy atom. The van der Waals surface area contributed by atoms with E-state index in [2.05, 4.69) is 22.2 Å². The van der Waals surface area contributed by atoms with E-state index in [1.54, 1.807) is 6.08 Å². The van der Waals surface area contributed by atoms with Gasteiger partial charge in [-0.3, -0.25) is 14.9 Å². The number of carbonyl (C=O) groups is 2.